The van der Waals surface area contributed by atoms with Crippen LogP contribution in [0.5, 0.6) is 0 Å². The van der Waals surface area contributed by atoms with Gasteiger partial charge in [0.25, 0.3) is 0 Å². The van der Waals surface area contributed by atoms with E-state index in [1.165, 1.54) is 4.80 Å². The molecule has 2 aromatic heterocycles. The normalized spacial score (nSPS) is 10.8. The largest absolute Gasteiger partial charge is 0.363 e. The highest BCUT2D eigenvalue weighted by Gasteiger charge is 2.03. The lowest BCUT2D eigenvalue weighted by atomic mass is 10.2. The first-order valence-corrected chi connectivity index (χ1v) is 6.54. The van der Waals surface area contributed by atoms with E-state index in [1.807, 2.05) is 30.3 Å². The first-order valence-electron chi connectivity index (χ1n) is 5.74. The minimum atomic E-state index is 0.500. The summed E-state index contributed by atoms with van der Waals surface area (Å²) in [5.41, 5.74) is 0.937. The van der Waals surface area contributed by atoms with Crippen LogP contribution in [0.25, 0.3) is 10.9 Å². The molecule has 1 N–H and O–H groups in total. The molecule has 0 radical (unpaired) electrons. The maximum absolute atomic E-state index is 4.53. The fourth-order valence-electron chi connectivity index (χ4n) is 1.78. The van der Waals surface area contributed by atoms with Gasteiger partial charge in [-0.2, -0.15) is 4.80 Å². The number of fused-ring (bicyclic) bond motifs is 1. The summed E-state index contributed by atoms with van der Waals surface area (Å²) in [4.78, 5) is 5.97. The number of nitrogens with one attached hydrogen (secondary N) is 1. The van der Waals surface area contributed by atoms with E-state index in [2.05, 4.69) is 41.6 Å². The first-order chi connectivity index (χ1) is 9.22. The number of benzene rings is 1. The van der Waals surface area contributed by atoms with Crippen molar-refractivity contribution < 1.29 is 0 Å². The van der Waals surface area contributed by atoms with Gasteiger partial charge in [-0.1, -0.05) is 22.0 Å². The van der Waals surface area contributed by atoms with Gasteiger partial charge in [0.2, 0.25) is 0 Å². The Morgan fingerprint density at radius 1 is 1.26 bits per heavy atom. The van der Waals surface area contributed by atoms with Crippen molar-refractivity contribution in [2.75, 3.05) is 5.32 Å². The summed E-state index contributed by atoms with van der Waals surface area (Å²) in [5, 5.41) is 16.1. The highest BCUT2D eigenvalue weighted by molar-refractivity contribution is 9.10. The smallest absolute Gasteiger partial charge is 0.193 e. The zero-order valence-electron chi connectivity index (χ0n) is 10.2. The third kappa shape index (κ3) is 2.55. The highest BCUT2D eigenvalue weighted by Crippen LogP contribution is 2.23. The zero-order valence-corrected chi connectivity index (χ0v) is 11.8. The molecule has 0 atom stereocenters. The molecule has 7 heteroatoms. The van der Waals surface area contributed by atoms with Crippen molar-refractivity contribution in [3.63, 3.8) is 0 Å². The van der Waals surface area contributed by atoms with Crippen LogP contribution in [0, 0.1) is 0 Å². The molecule has 0 fully saturated rings. The lowest BCUT2D eigenvalue weighted by Gasteiger charge is -2.05. The van der Waals surface area contributed by atoms with Crippen molar-refractivity contribution in [1.82, 2.24) is 25.2 Å². The van der Waals surface area contributed by atoms with E-state index in [4.69, 9.17) is 0 Å². The van der Waals surface area contributed by atoms with Gasteiger partial charge in [-0.15, -0.1) is 10.2 Å². The molecule has 0 aliphatic heterocycles. The van der Waals surface area contributed by atoms with Crippen molar-refractivity contribution in [1.29, 1.82) is 0 Å². The van der Waals surface area contributed by atoms with Gasteiger partial charge >= 0.3 is 0 Å². The summed E-state index contributed by atoms with van der Waals surface area (Å²) in [6.45, 7) is 0.500. The Morgan fingerprint density at radius 2 is 2.16 bits per heavy atom. The summed E-state index contributed by atoms with van der Waals surface area (Å²) < 4.78 is 1.04. The van der Waals surface area contributed by atoms with Crippen LogP contribution < -0.4 is 5.32 Å². The van der Waals surface area contributed by atoms with Crippen molar-refractivity contribution in [2.45, 2.75) is 6.54 Å². The second-order valence-electron chi connectivity index (χ2n) is 4.05. The molecule has 0 aliphatic carbocycles. The molecule has 3 rings (SSSR count). The molecule has 2 heterocycles. The van der Waals surface area contributed by atoms with Gasteiger partial charge in [0.15, 0.2) is 5.82 Å². The third-order valence-electron chi connectivity index (χ3n) is 2.66. The van der Waals surface area contributed by atoms with Crippen LogP contribution in [-0.2, 0) is 13.6 Å². The number of hydrogen-bond acceptors (Lipinski definition) is 5. The Hall–Kier alpha value is -2.02. The minimum absolute atomic E-state index is 0.500. The van der Waals surface area contributed by atoms with E-state index >= 15 is 0 Å². The second kappa shape index (κ2) is 4.93. The maximum Gasteiger partial charge on any atom is 0.193 e. The summed E-state index contributed by atoms with van der Waals surface area (Å²) in [6, 6.07) is 9.90. The predicted molar refractivity (Wildman–Crippen MR) is 75.6 cm³/mol. The van der Waals surface area contributed by atoms with Crippen LogP contribution in [0.2, 0.25) is 0 Å². The topological polar surface area (TPSA) is 68.5 Å². The monoisotopic (exact) mass is 318 g/mol. The van der Waals surface area contributed by atoms with E-state index in [9.17, 15) is 0 Å². The molecule has 96 valence electrons. The van der Waals surface area contributed by atoms with Crippen LogP contribution in [0.4, 0.5) is 5.82 Å². The molecule has 1 aromatic carbocycles. The van der Waals surface area contributed by atoms with Crippen LogP contribution in [0.1, 0.15) is 5.82 Å². The summed E-state index contributed by atoms with van der Waals surface area (Å²) in [5.74, 6) is 1.43. The number of nitrogens with zero attached hydrogens (tertiary/aromatic N) is 5. The molecular weight excluding hydrogens is 308 g/mol. The van der Waals surface area contributed by atoms with E-state index in [0.29, 0.717) is 12.4 Å². The number of hydrogen-bond donors (Lipinski definition) is 1. The van der Waals surface area contributed by atoms with Crippen LogP contribution in [-0.4, -0.2) is 25.2 Å². The average Bonchev–Trinajstić information content (AvgIpc) is 2.82. The number of tetrazole rings is 1. The van der Waals surface area contributed by atoms with Crippen LogP contribution in [0.15, 0.2) is 34.8 Å². The van der Waals surface area contributed by atoms with Gasteiger partial charge in [0.05, 0.1) is 19.1 Å². The van der Waals surface area contributed by atoms with Gasteiger partial charge in [-0.3, -0.25) is 0 Å². The Labute approximate surface area is 118 Å². The molecule has 0 bridgehead atoms. The van der Waals surface area contributed by atoms with Crippen LogP contribution in [0.3, 0.4) is 0 Å². The Kier molecular flexibility index (Phi) is 3.12. The molecule has 6 nitrogen and oxygen atoms in total. The van der Waals surface area contributed by atoms with E-state index in [-0.39, 0.29) is 0 Å². The standard InChI is InChI=1S/C12H11BrN6/c1-19-17-12(16-18-19)7-14-11-6-5-8-9(13)3-2-4-10(8)15-11/h2-6H,7H2,1H3,(H,14,15). The number of pyridine rings is 1. The van der Waals surface area contributed by atoms with E-state index in [0.717, 1.165) is 21.2 Å². The molecule has 0 saturated heterocycles. The summed E-state index contributed by atoms with van der Waals surface area (Å²) >= 11 is 3.51. The molecule has 3 aromatic rings. The Balaban J connectivity index is 1.82. The number of rotatable bonds is 3. The molecule has 0 unspecified atom stereocenters. The van der Waals surface area contributed by atoms with Crippen molar-refractivity contribution in [3.8, 4) is 0 Å². The number of aromatic nitrogens is 5. The summed E-state index contributed by atoms with van der Waals surface area (Å²) in [6.07, 6.45) is 0. The summed E-state index contributed by atoms with van der Waals surface area (Å²) in [7, 11) is 1.74. The van der Waals surface area contributed by atoms with E-state index < -0.39 is 0 Å². The SMILES string of the molecule is Cn1nnc(CNc2ccc3c(Br)cccc3n2)n1. The van der Waals surface area contributed by atoms with Crippen LogP contribution >= 0.6 is 15.9 Å². The quantitative estimate of drug-likeness (QED) is 0.801. The number of halogens is 1. The zero-order chi connectivity index (χ0) is 13.2. The first kappa shape index (κ1) is 12.0. The van der Waals surface area contributed by atoms with Crippen molar-refractivity contribution in [3.05, 3.63) is 40.6 Å². The van der Waals surface area contributed by atoms with Gasteiger partial charge in [0.1, 0.15) is 5.82 Å². The molecule has 0 saturated carbocycles. The lowest BCUT2D eigenvalue weighted by molar-refractivity contribution is 0.628. The molecular formula is C12H11BrN6. The van der Waals surface area contributed by atoms with E-state index in [1.54, 1.807) is 7.05 Å². The van der Waals surface area contributed by atoms with Gasteiger partial charge in [-0.05, 0) is 29.5 Å². The number of aryl methyl sites for hydroxylation is 1. The fourth-order valence-corrected chi connectivity index (χ4v) is 2.27. The maximum atomic E-state index is 4.53. The Morgan fingerprint density at radius 3 is 2.95 bits per heavy atom. The third-order valence-corrected chi connectivity index (χ3v) is 3.35. The van der Waals surface area contributed by atoms with Gasteiger partial charge in [-0.25, -0.2) is 4.98 Å². The highest BCUT2D eigenvalue weighted by atomic mass is 79.9. The van der Waals surface area contributed by atoms with Gasteiger partial charge < -0.3 is 5.32 Å². The molecule has 19 heavy (non-hydrogen) atoms. The van der Waals surface area contributed by atoms with Crippen molar-refractivity contribution in [2.24, 2.45) is 7.05 Å². The molecule has 0 aliphatic rings. The van der Waals surface area contributed by atoms with Crippen molar-refractivity contribution >= 4 is 32.7 Å². The molecule has 0 amide bonds. The average molecular weight is 319 g/mol. The fraction of sp³-hybridized carbons (Fsp3) is 0.167. The predicted octanol–water partition coefficient (Wildman–Crippen LogP) is 2.13. The number of anilines is 1. The second-order valence-corrected chi connectivity index (χ2v) is 4.91. The minimum Gasteiger partial charge on any atom is -0.363 e. The lowest BCUT2D eigenvalue weighted by Crippen LogP contribution is -2.03. The Bertz CT molecular complexity index is 723. The molecule has 0 spiro atoms. The van der Waals surface area contributed by atoms with Gasteiger partial charge in [0, 0.05) is 9.86 Å².